The quantitative estimate of drug-likeness (QED) is 0.133. The molecule has 1 rings (SSSR count). The first kappa shape index (κ1) is 29.3. The van der Waals surface area contributed by atoms with Crippen molar-refractivity contribution in [3.8, 4) is 18.1 Å². The third-order valence-corrected chi connectivity index (χ3v) is 6.11. The predicted octanol–water partition coefficient (Wildman–Crippen LogP) is 5.92. The van der Waals surface area contributed by atoms with E-state index in [0.717, 1.165) is 43.4 Å². The van der Waals surface area contributed by atoms with Crippen molar-refractivity contribution in [3.05, 3.63) is 53.1 Å². The fourth-order valence-corrected chi connectivity index (χ4v) is 3.76. The first-order chi connectivity index (χ1) is 16.4. The smallest absolute Gasteiger partial charge is 0.328 e. The highest BCUT2D eigenvalue weighted by Gasteiger charge is 2.27. The summed E-state index contributed by atoms with van der Waals surface area (Å²) in [4.78, 5) is 26.6. The van der Waals surface area contributed by atoms with Crippen LogP contribution in [0.4, 0.5) is 0 Å². The highest BCUT2D eigenvalue weighted by atomic mass is 35.5. The molecule has 2 atom stereocenters. The fraction of sp³-hybridized carbons (Fsp3) is 0.500. The van der Waals surface area contributed by atoms with Gasteiger partial charge < -0.3 is 14.4 Å². The summed E-state index contributed by atoms with van der Waals surface area (Å²) >= 11 is 5.93. The van der Waals surface area contributed by atoms with Crippen LogP contribution in [0.3, 0.4) is 0 Å². The van der Waals surface area contributed by atoms with E-state index in [1.807, 2.05) is 30.3 Å². The molecule has 0 bridgehead atoms. The van der Waals surface area contributed by atoms with Crippen LogP contribution in [-0.2, 0) is 20.7 Å². The Morgan fingerprint density at radius 2 is 1.88 bits per heavy atom. The van der Waals surface area contributed by atoms with Crippen molar-refractivity contribution in [1.82, 2.24) is 4.90 Å². The van der Waals surface area contributed by atoms with Gasteiger partial charge in [0.25, 0.3) is 0 Å². The molecule has 34 heavy (non-hydrogen) atoms. The SMILES string of the molecule is C#CCCC/C(=C\Cl)CC[C@@H](C)/C=C/CCC(=O)N(C)[C@@H](Cc1ccc(OC)cc1)C(=O)OC. The minimum atomic E-state index is -0.677. The van der Waals surface area contributed by atoms with Crippen LogP contribution < -0.4 is 4.74 Å². The fourth-order valence-electron chi connectivity index (χ4n) is 3.55. The van der Waals surface area contributed by atoms with Crippen LogP contribution in [0.25, 0.3) is 0 Å². The molecule has 0 saturated carbocycles. The van der Waals surface area contributed by atoms with Crippen molar-refractivity contribution in [3.63, 3.8) is 0 Å². The largest absolute Gasteiger partial charge is 0.497 e. The lowest BCUT2D eigenvalue weighted by atomic mass is 9.98. The van der Waals surface area contributed by atoms with E-state index in [1.165, 1.54) is 17.6 Å². The molecule has 0 heterocycles. The maximum absolute atomic E-state index is 12.7. The molecule has 1 aromatic carbocycles. The van der Waals surface area contributed by atoms with Crippen molar-refractivity contribution >= 4 is 23.5 Å². The lowest BCUT2D eigenvalue weighted by Gasteiger charge is -2.26. The number of benzene rings is 1. The van der Waals surface area contributed by atoms with Gasteiger partial charge in [-0.2, -0.15) is 0 Å². The van der Waals surface area contributed by atoms with Crippen LogP contribution in [0.2, 0.25) is 0 Å². The third kappa shape index (κ3) is 10.9. The highest BCUT2D eigenvalue weighted by molar-refractivity contribution is 6.25. The van der Waals surface area contributed by atoms with Gasteiger partial charge in [-0.25, -0.2) is 4.79 Å². The Morgan fingerprint density at radius 1 is 1.18 bits per heavy atom. The van der Waals surface area contributed by atoms with Crippen LogP contribution in [0.15, 0.2) is 47.5 Å². The minimum Gasteiger partial charge on any atom is -0.497 e. The van der Waals surface area contributed by atoms with Gasteiger partial charge in [0.2, 0.25) is 5.91 Å². The summed E-state index contributed by atoms with van der Waals surface area (Å²) in [7, 11) is 4.59. The van der Waals surface area contributed by atoms with Crippen LogP contribution in [-0.4, -0.2) is 44.1 Å². The average molecular weight is 488 g/mol. The van der Waals surface area contributed by atoms with Crippen LogP contribution in [0, 0.1) is 18.3 Å². The lowest BCUT2D eigenvalue weighted by molar-refractivity contribution is -0.151. The van der Waals surface area contributed by atoms with Gasteiger partial charge in [-0.3, -0.25) is 4.79 Å². The van der Waals surface area contributed by atoms with Crippen molar-refractivity contribution in [2.75, 3.05) is 21.3 Å². The number of allylic oxidation sites excluding steroid dienone is 3. The zero-order valence-corrected chi connectivity index (χ0v) is 21.6. The molecule has 0 spiro atoms. The molecular formula is C28H38ClNO4. The number of esters is 1. The zero-order valence-electron chi connectivity index (χ0n) is 20.9. The number of nitrogens with zero attached hydrogens (tertiary/aromatic N) is 1. The predicted molar refractivity (Wildman–Crippen MR) is 139 cm³/mol. The molecule has 5 nitrogen and oxygen atoms in total. The lowest BCUT2D eigenvalue weighted by Crippen LogP contribution is -2.44. The number of hydrogen-bond acceptors (Lipinski definition) is 4. The van der Waals surface area contributed by atoms with Gasteiger partial charge in [-0.15, -0.1) is 12.3 Å². The summed E-state index contributed by atoms with van der Waals surface area (Å²) in [6, 6.07) is 6.76. The average Bonchev–Trinajstić information content (AvgIpc) is 2.86. The summed E-state index contributed by atoms with van der Waals surface area (Å²) < 4.78 is 10.1. The van der Waals surface area contributed by atoms with Crippen molar-refractivity contribution < 1.29 is 19.1 Å². The van der Waals surface area contributed by atoms with Crippen LogP contribution >= 0.6 is 11.6 Å². The molecule has 186 valence electrons. The summed E-state index contributed by atoms with van der Waals surface area (Å²) in [5.41, 5.74) is 3.82. The number of carbonyl (C=O) groups is 2. The zero-order chi connectivity index (χ0) is 25.3. The number of terminal acetylenes is 1. The molecular weight excluding hydrogens is 450 g/mol. The molecule has 0 aromatic heterocycles. The maximum atomic E-state index is 12.7. The summed E-state index contributed by atoms with van der Waals surface area (Å²) in [6.07, 6.45) is 15.4. The molecule has 0 fully saturated rings. The molecule has 0 aliphatic heterocycles. The molecule has 0 radical (unpaired) electrons. The van der Waals surface area contributed by atoms with Crippen LogP contribution in [0.1, 0.15) is 57.4 Å². The summed E-state index contributed by atoms with van der Waals surface area (Å²) in [5, 5.41) is 0. The number of likely N-dealkylation sites (N-methyl/N-ethyl adjacent to an activating group) is 1. The Labute approximate surface area is 210 Å². The summed E-state index contributed by atoms with van der Waals surface area (Å²) in [6.45, 7) is 2.15. The molecule has 0 saturated heterocycles. The van der Waals surface area contributed by atoms with Gasteiger partial charge in [0.15, 0.2) is 0 Å². The molecule has 1 amide bonds. The Hall–Kier alpha value is -2.71. The molecule has 1 aromatic rings. The number of methoxy groups -OCH3 is 2. The van der Waals surface area contributed by atoms with Crippen molar-refractivity contribution in [2.45, 2.75) is 64.3 Å². The van der Waals surface area contributed by atoms with Crippen molar-refractivity contribution in [1.29, 1.82) is 0 Å². The first-order valence-electron chi connectivity index (χ1n) is 11.7. The molecule has 6 heteroatoms. The second-order valence-electron chi connectivity index (χ2n) is 8.40. The van der Waals surface area contributed by atoms with E-state index in [-0.39, 0.29) is 5.91 Å². The molecule has 0 aliphatic rings. The first-order valence-corrected chi connectivity index (χ1v) is 12.1. The van der Waals surface area contributed by atoms with Gasteiger partial charge in [0.05, 0.1) is 14.2 Å². The number of ether oxygens (including phenoxy) is 2. The highest BCUT2D eigenvalue weighted by Crippen LogP contribution is 2.20. The topological polar surface area (TPSA) is 55.8 Å². The number of unbranched alkanes of at least 4 members (excludes halogenated alkanes) is 1. The van der Waals surface area contributed by atoms with E-state index in [9.17, 15) is 9.59 Å². The number of halogens is 1. The van der Waals surface area contributed by atoms with Gasteiger partial charge in [-0.1, -0.05) is 48.4 Å². The maximum Gasteiger partial charge on any atom is 0.328 e. The third-order valence-electron chi connectivity index (χ3n) is 5.81. The standard InChI is InChI=1S/C28H38ClNO4/c1-6-7-8-12-24(21-29)15-14-22(2)11-9-10-13-27(31)30(3)26(28(32)34-5)20-23-16-18-25(33-4)19-17-23/h1,9,11,16-19,21-22,26H,7-8,10,12-15,20H2,2-5H3/b11-9+,24-21+/t22-,26-/m0/s1. The number of rotatable bonds is 15. The van der Waals surface area contributed by atoms with Gasteiger partial charge >= 0.3 is 5.97 Å². The monoisotopic (exact) mass is 487 g/mol. The molecule has 0 unspecified atom stereocenters. The normalized spacial score (nSPS) is 13.2. The summed E-state index contributed by atoms with van der Waals surface area (Å²) in [5.74, 6) is 3.25. The number of carbonyl (C=O) groups excluding carboxylic acids is 2. The van der Waals surface area contributed by atoms with E-state index in [4.69, 9.17) is 27.5 Å². The second-order valence-corrected chi connectivity index (χ2v) is 8.62. The van der Waals surface area contributed by atoms with E-state index in [1.54, 1.807) is 19.7 Å². The van der Waals surface area contributed by atoms with E-state index < -0.39 is 12.0 Å². The van der Waals surface area contributed by atoms with E-state index >= 15 is 0 Å². The van der Waals surface area contributed by atoms with E-state index in [2.05, 4.69) is 18.9 Å². The number of amides is 1. The van der Waals surface area contributed by atoms with Crippen molar-refractivity contribution in [2.24, 2.45) is 5.92 Å². The number of hydrogen-bond donors (Lipinski definition) is 0. The van der Waals surface area contributed by atoms with Gasteiger partial charge in [-0.05, 0) is 55.7 Å². The van der Waals surface area contributed by atoms with Gasteiger partial charge in [0.1, 0.15) is 11.8 Å². The molecule has 0 N–H and O–H groups in total. The van der Waals surface area contributed by atoms with E-state index in [0.29, 0.717) is 25.2 Å². The Morgan fingerprint density at radius 3 is 2.47 bits per heavy atom. The Balaban J connectivity index is 2.54. The Kier molecular flexibility index (Phi) is 14.5. The Bertz CT molecular complexity index is 854. The van der Waals surface area contributed by atoms with Crippen LogP contribution in [0.5, 0.6) is 5.75 Å². The minimum absolute atomic E-state index is 0.0953. The molecule has 0 aliphatic carbocycles. The van der Waals surface area contributed by atoms with Gasteiger partial charge in [0, 0.05) is 31.8 Å². The second kappa shape index (κ2) is 16.8.